The Morgan fingerprint density at radius 3 is 2.72 bits per heavy atom. The summed E-state index contributed by atoms with van der Waals surface area (Å²) in [4.78, 5) is 4.23. The lowest BCUT2D eigenvalue weighted by molar-refractivity contribution is -0.0172. The third-order valence-corrected chi connectivity index (χ3v) is 4.57. The monoisotopic (exact) mass is 403 g/mol. The summed E-state index contributed by atoms with van der Waals surface area (Å²) in [5.74, 6) is 2.44. The van der Waals surface area contributed by atoms with Crippen LogP contribution in [0, 0.1) is 5.82 Å². The number of hydrogen-bond acceptors (Lipinski definition) is 5. The van der Waals surface area contributed by atoms with Crippen LogP contribution in [0.1, 0.15) is 16.7 Å². The van der Waals surface area contributed by atoms with E-state index in [9.17, 15) is 4.39 Å². The highest BCUT2D eigenvalue weighted by Gasteiger charge is 2.16. The molecule has 1 heterocycles. The molecule has 1 aliphatic rings. The van der Waals surface area contributed by atoms with E-state index in [-0.39, 0.29) is 12.6 Å². The number of nitrogens with zero attached hydrogens (tertiary/aromatic N) is 1. The van der Waals surface area contributed by atoms with E-state index in [0.717, 1.165) is 16.7 Å². The van der Waals surface area contributed by atoms with E-state index >= 15 is 0 Å². The molecule has 0 aliphatic carbocycles. The molecule has 1 aliphatic heterocycles. The van der Waals surface area contributed by atoms with Crippen LogP contribution in [0.4, 0.5) is 4.39 Å². The summed E-state index contributed by atoms with van der Waals surface area (Å²) in [6.45, 7) is 1.69. The zero-order valence-electron chi connectivity index (χ0n) is 16.9. The van der Waals surface area contributed by atoms with Crippen molar-refractivity contribution in [3.63, 3.8) is 0 Å². The van der Waals surface area contributed by atoms with E-state index in [1.54, 1.807) is 21.3 Å². The summed E-state index contributed by atoms with van der Waals surface area (Å²) >= 11 is 0. The van der Waals surface area contributed by atoms with Gasteiger partial charge in [-0.2, -0.15) is 0 Å². The maximum Gasteiger partial charge on any atom is 0.191 e. The molecule has 3 rings (SSSR count). The third kappa shape index (κ3) is 5.29. The second-order valence-corrected chi connectivity index (χ2v) is 6.46. The van der Waals surface area contributed by atoms with Gasteiger partial charge in [-0.1, -0.05) is 6.07 Å². The molecule has 0 aromatic heterocycles. The first-order chi connectivity index (χ1) is 14.1. The first kappa shape index (κ1) is 20.7. The molecule has 156 valence electrons. The number of hydrogen-bond donors (Lipinski definition) is 2. The van der Waals surface area contributed by atoms with Crippen molar-refractivity contribution in [3.8, 4) is 17.2 Å². The second-order valence-electron chi connectivity index (χ2n) is 6.46. The van der Waals surface area contributed by atoms with E-state index < -0.39 is 0 Å². The number of benzene rings is 2. The van der Waals surface area contributed by atoms with Crippen molar-refractivity contribution in [3.05, 3.63) is 52.8 Å². The zero-order valence-corrected chi connectivity index (χ0v) is 16.9. The van der Waals surface area contributed by atoms with Crippen LogP contribution >= 0.6 is 0 Å². The molecule has 0 saturated carbocycles. The SMILES string of the molecule is CN=C(NCCc1cc(F)cc2c1OCOC2)NCc1ccc(OC)c(OC)c1. The predicted molar refractivity (Wildman–Crippen MR) is 108 cm³/mol. The van der Waals surface area contributed by atoms with Gasteiger partial charge in [0.05, 0.1) is 20.8 Å². The van der Waals surface area contributed by atoms with E-state index in [4.69, 9.17) is 18.9 Å². The number of methoxy groups -OCH3 is 2. The average Bonchev–Trinajstić information content (AvgIpc) is 2.75. The Hall–Kier alpha value is -3.00. The van der Waals surface area contributed by atoms with Gasteiger partial charge in [0.15, 0.2) is 24.3 Å². The number of fused-ring (bicyclic) bond motifs is 1. The molecular weight excluding hydrogens is 377 g/mol. The van der Waals surface area contributed by atoms with Crippen LogP contribution in [0.5, 0.6) is 17.2 Å². The molecule has 7 nitrogen and oxygen atoms in total. The standard InChI is InChI=1S/C21H26FN3O4/c1-23-21(25-11-14-4-5-18(26-2)19(8-14)27-3)24-7-6-15-9-17(22)10-16-12-28-13-29-20(15)16/h4-5,8-10H,6-7,11-13H2,1-3H3,(H2,23,24,25). The topological polar surface area (TPSA) is 73.3 Å². The van der Waals surface area contributed by atoms with Crippen molar-refractivity contribution in [2.24, 2.45) is 4.99 Å². The van der Waals surface area contributed by atoms with Crippen LogP contribution in [0.25, 0.3) is 0 Å². The Bertz CT molecular complexity index is 873. The first-order valence-corrected chi connectivity index (χ1v) is 9.32. The number of aliphatic imine (C=N–C) groups is 1. The van der Waals surface area contributed by atoms with E-state index in [1.165, 1.54) is 12.1 Å². The van der Waals surface area contributed by atoms with Gasteiger partial charge < -0.3 is 29.6 Å². The van der Waals surface area contributed by atoms with Crippen LogP contribution in [-0.2, 0) is 24.3 Å². The van der Waals surface area contributed by atoms with Crippen molar-refractivity contribution in [2.45, 2.75) is 19.6 Å². The largest absolute Gasteiger partial charge is 0.493 e. The van der Waals surface area contributed by atoms with Gasteiger partial charge >= 0.3 is 0 Å². The molecule has 0 spiro atoms. The van der Waals surface area contributed by atoms with Gasteiger partial charge in [-0.3, -0.25) is 4.99 Å². The Kier molecular flexibility index (Phi) is 7.13. The summed E-state index contributed by atoms with van der Waals surface area (Å²) in [5.41, 5.74) is 2.58. The Morgan fingerprint density at radius 2 is 1.97 bits per heavy atom. The highest BCUT2D eigenvalue weighted by atomic mass is 19.1. The highest BCUT2D eigenvalue weighted by molar-refractivity contribution is 5.79. The molecule has 0 amide bonds. The minimum Gasteiger partial charge on any atom is -0.493 e. The summed E-state index contributed by atoms with van der Waals surface area (Å²) in [6.07, 6.45) is 0.594. The summed E-state index contributed by atoms with van der Waals surface area (Å²) < 4.78 is 35.2. The van der Waals surface area contributed by atoms with Gasteiger partial charge in [-0.25, -0.2) is 4.39 Å². The van der Waals surface area contributed by atoms with Crippen molar-refractivity contribution in [1.82, 2.24) is 10.6 Å². The predicted octanol–water partition coefficient (Wildman–Crippen LogP) is 2.62. The Morgan fingerprint density at radius 1 is 1.14 bits per heavy atom. The van der Waals surface area contributed by atoms with Crippen LogP contribution < -0.4 is 24.8 Å². The maximum atomic E-state index is 13.8. The molecule has 2 N–H and O–H groups in total. The Labute approximate surface area is 169 Å². The molecule has 0 saturated heterocycles. The number of guanidine groups is 1. The summed E-state index contributed by atoms with van der Waals surface area (Å²) in [5, 5.41) is 6.49. The van der Waals surface area contributed by atoms with Crippen LogP contribution in [0.15, 0.2) is 35.3 Å². The van der Waals surface area contributed by atoms with Crippen molar-refractivity contribution >= 4 is 5.96 Å². The summed E-state index contributed by atoms with van der Waals surface area (Å²) in [6, 6.07) is 8.70. The summed E-state index contributed by atoms with van der Waals surface area (Å²) in [7, 11) is 4.92. The van der Waals surface area contributed by atoms with Crippen LogP contribution in [-0.4, -0.2) is 40.6 Å². The molecule has 2 aromatic carbocycles. The average molecular weight is 403 g/mol. The minimum absolute atomic E-state index is 0.188. The van der Waals surface area contributed by atoms with Gasteiger partial charge in [0, 0.05) is 25.7 Å². The van der Waals surface area contributed by atoms with Gasteiger partial charge in [0.1, 0.15) is 11.6 Å². The van der Waals surface area contributed by atoms with E-state index in [0.29, 0.717) is 49.3 Å². The lowest BCUT2D eigenvalue weighted by atomic mass is 10.1. The van der Waals surface area contributed by atoms with E-state index in [2.05, 4.69) is 15.6 Å². The number of halogens is 1. The van der Waals surface area contributed by atoms with Gasteiger partial charge in [-0.15, -0.1) is 0 Å². The molecule has 0 radical (unpaired) electrons. The molecule has 0 fully saturated rings. The molecule has 2 aromatic rings. The third-order valence-electron chi connectivity index (χ3n) is 4.57. The number of ether oxygens (including phenoxy) is 4. The molecule has 0 atom stereocenters. The number of nitrogens with one attached hydrogen (secondary N) is 2. The minimum atomic E-state index is -0.288. The number of rotatable bonds is 7. The smallest absolute Gasteiger partial charge is 0.191 e. The van der Waals surface area contributed by atoms with Gasteiger partial charge in [0.25, 0.3) is 0 Å². The fourth-order valence-corrected chi connectivity index (χ4v) is 3.15. The van der Waals surface area contributed by atoms with Crippen molar-refractivity contribution < 1.29 is 23.3 Å². The van der Waals surface area contributed by atoms with Gasteiger partial charge in [-0.05, 0) is 41.8 Å². The normalized spacial score (nSPS) is 13.3. The lowest BCUT2D eigenvalue weighted by Crippen LogP contribution is -2.37. The fraction of sp³-hybridized carbons (Fsp3) is 0.381. The maximum absolute atomic E-state index is 13.8. The molecule has 29 heavy (non-hydrogen) atoms. The quantitative estimate of drug-likeness (QED) is 0.547. The van der Waals surface area contributed by atoms with Crippen LogP contribution in [0.2, 0.25) is 0 Å². The van der Waals surface area contributed by atoms with Crippen LogP contribution in [0.3, 0.4) is 0 Å². The van der Waals surface area contributed by atoms with Crippen molar-refractivity contribution in [2.75, 3.05) is 34.6 Å². The molecule has 0 bridgehead atoms. The Balaban J connectivity index is 1.55. The molecular formula is C21H26FN3O4. The molecule has 0 unspecified atom stereocenters. The zero-order chi connectivity index (χ0) is 20.6. The fourth-order valence-electron chi connectivity index (χ4n) is 3.15. The van der Waals surface area contributed by atoms with E-state index in [1.807, 2.05) is 18.2 Å². The molecule has 8 heteroatoms. The van der Waals surface area contributed by atoms with Crippen molar-refractivity contribution in [1.29, 1.82) is 0 Å². The lowest BCUT2D eigenvalue weighted by Gasteiger charge is -2.21. The van der Waals surface area contributed by atoms with Gasteiger partial charge in [0.2, 0.25) is 0 Å². The second kappa shape index (κ2) is 9.97. The first-order valence-electron chi connectivity index (χ1n) is 9.32. The highest BCUT2D eigenvalue weighted by Crippen LogP contribution is 2.29.